The van der Waals surface area contributed by atoms with Crippen molar-refractivity contribution in [3.05, 3.63) is 24.3 Å². The van der Waals surface area contributed by atoms with Crippen molar-refractivity contribution in [1.82, 2.24) is 0 Å². The third-order valence-corrected chi connectivity index (χ3v) is 8.91. The summed E-state index contributed by atoms with van der Waals surface area (Å²) >= 11 is -3.76. The monoisotopic (exact) mass is 626 g/mol. The summed E-state index contributed by atoms with van der Waals surface area (Å²) < 4.78 is 21.7. The number of rotatable bonds is 32. The Kier molecular flexibility index (Phi) is 33.6. The molecular formula is C36H66O5Ti. The molecule has 0 aromatic rings. The Balaban J connectivity index is 3.48. The average Bonchev–Trinajstić information content (AvgIpc) is 2.97. The second kappa shape index (κ2) is 34.4. The Morgan fingerprint density at radius 1 is 0.429 bits per heavy atom. The molecular weight excluding hydrogens is 560 g/mol. The van der Waals surface area contributed by atoms with Crippen LogP contribution >= 0.6 is 0 Å². The molecule has 0 unspecified atom stereocenters. The van der Waals surface area contributed by atoms with E-state index in [-0.39, 0.29) is 12.8 Å². The van der Waals surface area contributed by atoms with Crippen molar-refractivity contribution in [1.29, 1.82) is 0 Å². The zero-order chi connectivity index (χ0) is 30.8. The van der Waals surface area contributed by atoms with Crippen LogP contribution < -0.4 is 0 Å². The van der Waals surface area contributed by atoms with Gasteiger partial charge < -0.3 is 0 Å². The first-order valence-electron chi connectivity index (χ1n) is 17.8. The first kappa shape index (κ1) is 40.9. The number of carbonyl (C=O) groups excluding carboxylic acids is 2. The van der Waals surface area contributed by atoms with Gasteiger partial charge in [-0.25, -0.2) is 0 Å². The van der Waals surface area contributed by atoms with Gasteiger partial charge in [-0.15, -0.1) is 0 Å². The molecule has 0 radical (unpaired) electrons. The fourth-order valence-electron chi connectivity index (χ4n) is 4.99. The molecule has 0 aliphatic heterocycles. The van der Waals surface area contributed by atoms with Crippen molar-refractivity contribution < 1.29 is 38.2 Å². The van der Waals surface area contributed by atoms with E-state index in [0.717, 1.165) is 64.2 Å². The minimum Gasteiger partial charge on any atom is -0.0654 e. The van der Waals surface area contributed by atoms with Crippen LogP contribution in [-0.4, -0.2) is 11.9 Å². The molecule has 0 aromatic heterocycles. The summed E-state index contributed by atoms with van der Waals surface area (Å²) in [5.74, 6) is -1.02. The fourth-order valence-corrected chi connectivity index (χ4v) is 5.95. The molecule has 0 fully saturated rings. The maximum absolute atomic E-state index is 11.9. The molecule has 0 saturated heterocycles. The molecule has 0 heterocycles. The van der Waals surface area contributed by atoms with Crippen molar-refractivity contribution in [3.8, 4) is 0 Å². The molecule has 0 bridgehead atoms. The molecule has 0 atom stereocenters. The van der Waals surface area contributed by atoms with Gasteiger partial charge in [0.2, 0.25) is 0 Å². The van der Waals surface area contributed by atoms with Crippen molar-refractivity contribution in [3.63, 3.8) is 0 Å². The number of hydrogen-bond acceptors (Lipinski definition) is 5. The van der Waals surface area contributed by atoms with Gasteiger partial charge in [0, 0.05) is 0 Å². The van der Waals surface area contributed by atoms with Crippen molar-refractivity contribution in [2.75, 3.05) is 0 Å². The second-order valence-electron chi connectivity index (χ2n) is 11.9. The molecule has 0 saturated carbocycles. The molecule has 0 amide bonds. The number of allylic oxidation sites excluding steroid dienone is 4. The van der Waals surface area contributed by atoms with Crippen LogP contribution in [0.15, 0.2) is 24.3 Å². The third-order valence-electron chi connectivity index (χ3n) is 7.68. The molecule has 0 N–H and O–H groups in total. The Bertz CT molecular complexity index is 632. The van der Waals surface area contributed by atoms with Crippen LogP contribution in [0.1, 0.15) is 194 Å². The van der Waals surface area contributed by atoms with Gasteiger partial charge >= 0.3 is 177 Å². The predicted molar refractivity (Wildman–Crippen MR) is 172 cm³/mol. The standard InChI is InChI=1S/2C18H34O2.O.Ti/c2*1-2-3-4-5-6-7-8-9-10-11-12-13-14-15-16-17-18(19)20;;/h2*9-10H,2-8,11-17H2,1H3,(H,19,20);;/q;;;+2/p-2/b2*10-9-;;. The van der Waals surface area contributed by atoms with E-state index in [1.165, 1.54) is 103 Å². The molecule has 0 aliphatic rings. The predicted octanol–water partition coefficient (Wildman–Crippen LogP) is 11.9. The Morgan fingerprint density at radius 2 is 0.690 bits per heavy atom. The summed E-state index contributed by atoms with van der Waals surface area (Å²) in [5.41, 5.74) is 0. The first-order chi connectivity index (χ1) is 20.6. The van der Waals surface area contributed by atoms with Crippen LogP contribution in [-0.2, 0) is 38.2 Å². The van der Waals surface area contributed by atoms with E-state index in [2.05, 4.69) is 38.2 Å². The van der Waals surface area contributed by atoms with Crippen LogP contribution in [0, 0.1) is 0 Å². The molecule has 0 rings (SSSR count). The zero-order valence-corrected chi connectivity index (χ0v) is 29.2. The van der Waals surface area contributed by atoms with Crippen LogP contribution in [0.3, 0.4) is 0 Å². The van der Waals surface area contributed by atoms with Gasteiger partial charge in [-0.05, 0) is 12.8 Å². The van der Waals surface area contributed by atoms with Gasteiger partial charge in [0.25, 0.3) is 0 Å². The molecule has 5 nitrogen and oxygen atoms in total. The molecule has 42 heavy (non-hydrogen) atoms. The van der Waals surface area contributed by atoms with Gasteiger partial charge in [0.15, 0.2) is 0 Å². The number of unbranched alkanes of at least 4 members (excludes halogenated alkanes) is 22. The molecule has 244 valence electrons. The fraction of sp³-hybridized carbons (Fsp3) is 0.833. The van der Waals surface area contributed by atoms with Gasteiger partial charge in [0.05, 0.1) is 0 Å². The summed E-state index contributed by atoms with van der Waals surface area (Å²) in [6.07, 6.45) is 40.8. The quantitative estimate of drug-likeness (QED) is 0.0422. The number of hydrogen-bond donors (Lipinski definition) is 0. The van der Waals surface area contributed by atoms with Gasteiger partial charge in [-0.2, -0.15) is 0 Å². The van der Waals surface area contributed by atoms with Crippen LogP contribution in [0.4, 0.5) is 0 Å². The molecule has 0 aromatic carbocycles. The third kappa shape index (κ3) is 33.4. The topological polar surface area (TPSA) is 69.7 Å². The van der Waals surface area contributed by atoms with Gasteiger partial charge in [0.1, 0.15) is 0 Å². The van der Waals surface area contributed by atoms with E-state index in [4.69, 9.17) is 6.64 Å². The average molecular weight is 627 g/mol. The molecule has 0 spiro atoms. The molecule has 6 heteroatoms. The van der Waals surface area contributed by atoms with Crippen molar-refractivity contribution in [2.24, 2.45) is 0 Å². The normalized spacial score (nSPS) is 11.5. The first-order valence-corrected chi connectivity index (χ1v) is 19.8. The number of carbonyl (C=O) groups is 2. The van der Waals surface area contributed by atoms with E-state index in [0.29, 0.717) is 0 Å². The Labute approximate surface area is 267 Å². The zero-order valence-electron chi connectivity index (χ0n) is 27.6. The van der Waals surface area contributed by atoms with E-state index in [1.807, 2.05) is 0 Å². The van der Waals surface area contributed by atoms with Gasteiger partial charge in [-0.3, -0.25) is 0 Å². The van der Waals surface area contributed by atoms with Crippen molar-refractivity contribution >= 4 is 11.9 Å². The van der Waals surface area contributed by atoms with E-state index in [1.54, 1.807) is 0 Å². The summed E-state index contributed by atoms with van der Waals surface area (Å²) in [6, 6.07) is 0. The Hall–Kier alpha value is -1.07. The maximum atomic E-state index is 11.9. The summed E-state index contributed by atoms with van der Waals surface area (Å²) in [6.45, 7) is 4.51. The summed E-state index contributed by atoms with van der Waals surface area (Å²) in [5, 5.41) is 0. The SMILES string of the molecule is CCCCCCCC/C=C\CCCCCCCC(=O)[O][Ti](=[O])[O]C(=O)CCCCCCC/C=C\CCCCCCCC. The van der Waals surface area contributed by atoms with E-state index >= 15 is 0 Å². The van der Waals surface area contributed by atoms with Crippen LogP contribution in [0.5, 0.6) is 0 Å². The summed E-state index contributed by atoms with van der Waals surface area (Å²) in [7, 11) is 0. The minimum atomic E-state index is -3.76. The van der Waals surface area contributed by atoms with Crippen LogP contribution in [0.2, 0.25) is 0 Å². The van der Waals surface area contributed by atoms with E-state index in [9.17, 15) is 12.9 Å². The smallest absolute Gasteiger partial charge is 0.0654 e. The van der Waals surface area contributed by atoms with Crippen LogP contribution in [0.25, 0.3) is 0 Å². The van der Waals surface area contributed by atoms with Gasteiger partial charge in [-0.1, -0.05) is 78.1 Å². The van der Waals surface area contributed by atoms with E-state index < -0.39 is 30.6 Å². The molecule has 0 aliphatic carbocycles. The summed E-state index contributed by atoms with van der Waals surface area (Å²) in [4.78, 5) is 23.8. The minimum absolute atomic E-state index is 0.239. The second-order valence-corrected chi connectivity index (χ2v) is 13.3. The Morgan fingerprint density at radius 3 is 1.00 bits per heavy atom. The van der Waals surface area contributed by atoms with Crippen molar-refractivity contribution in [2.45, 2.75) is 194 Å².